The van der Waals surface area contributed by atoms with Crippen molar-refractivity contribution >= 4 is 17.4 Å². The second kappa shape index (κ2) is 6.22. The van der Waals surface area contributed by atoms with Crippen LogP contribution in [0.3, 0.4) is 0 Å². The van der Waals surface area contributed by atoms with Crippen molar-refractivity contribution in [3.05, 3.63) is 23.9 Å². The Morgan fingerprint density at radius 2 is 2.18 bits per heavy atom. The molecule has 17 heavy (non-hydrogen) atoms. The molecule has 0 spiro atoms. The van der Waals surface area contributed by atoms with E-state index in [2.05, 4.69) is 22.9 Å². The molecule has 0 saturated carbocycles. The average Bonchev–Trinajstić information content (AvgIpc) is 2.40. The van der Waals surface area contributed by atoms with E-state index in [0.29, 0.717) is 12.0 Å². The summed E-state index contributed by atoms with van der Waals surface area (Å²) in [5.41, 5.74) is 1.07. The molecule has 0 N–H and O–H groups in total. The molecule has 4 heteroatoms. The predicted octanol–water partition coefficient (Wildman–Crippen LogP) is 2.83. The number of rotatable bonds is 4. The summed E-state index contributed by atoms with van der Waals surface area (Å²) in [6.07, 6.45) is 4.47. The number of hydrogen-bond acceptors (Lipinski definition) is 3. The first-order valence-corrected chi connectivity index (χ1v) is 6.74. The maximum Gasteiger partial charge on any atom is 0.128 e. The van der Waals surface area contributed by atoms with Gasteiger partial charge in [0.25, 0.3) is 0 Å². The molecule has 0 atom stereocenters. The van der Waals surface area contributed by atoms with Crippen LogP contribution < -0.4 is 4.90 Å². The van der Waals surface area contributed by atoms with E-state index in [1.54, 1.807) is 0 Å². The minimum absolute atomic E-state index is 0.429. The van der Waals surface area contributed by atoms with E-state index >= 15 is 0 Å². The topological polar surface area (TPSA) is 25.4 Å². The Bertz CT molecular complexity index is 334. The number of nitrogens with zero attached hydrogens (tertiary/aromatic N) is 2. The summed E-state index contributed by atoms with van der Waals surface area (Å²) < 4.78 is 5.64. The standard InChI is InChI=1S/C13H19ClN2O/c1-2-17-12-5-7-16(8-6-12)13-4-3-11(9-14)10-15-13/h3-4,10,12H,2,5-9H2,1H3. The van der Waals surface area contributed by atoms with Crippen LogP contribution in [0.2, 0.25) is 0 Å². The van der Waals surface area contributed by atoms with Gasteiger partial charge in [-0.2, -0.15) is 0 Å². The van der Waals surface area contributed by atoms with Gasteiger partial charge in [0.15, 0.2) is 0 Å². The minimum atomic E-state index is 0.429. The van der Waals surface area contributed by atoms with E-state index < -0.39 is 0 Å². The average molecular weight is 255 g/mol. The van der Waals surface area contributed by atoms with Crippen molar-refractivity contribution < 1.29 is 4.74 Å². The normalized spacial score (nSPS) is 17.4. The van der Waals surface area contributed by atoms with Crippen LogP contribution in [-0.4, -0.2) is 30.8 Å². The molecule has 1 aromatic heterocycles. The third-order valence-electron chi connectivity index (χ3n) is 3.13. The van der Waals surface area contributed by atoms with Crippen molar-refractivity contribution in [1.29, 1.82) is 0 Å². The Morgan fingerprint density at radius 3 is 2.71 bits per heavy atom. The van der Waals surface area contributed by atoms with E-state index in [9.17, 15) is 0 Å². The molecular formula is C13H19ClN2O. The van der Waals surface area contributed by atoms with Crippen LogP contribution in [0, 0.1) is 0 Å². The fourth-order valence-corrected chi connectivity index (χ4v) is 2.33. The number of alkyl halides is 1. The van der Waals surface area contributed by atoms with Crippen LogP contribution in [0.1, 0.15) is 25.3 Å². The summed E-state index contributed by atoms with van der Waals surface area (Å²) >= 11 is 5.75. The second-order valence-corrected chi connectivity index (χ2v) is 4.57. The molecule has 0 amide bonds. The van der Waals surface area contributed by atoms with Gasteiger partial charge in [0.05, 0.1) is 6.10 Å². The fraction of sp³-hybridized carbons (Fsp3) is 0.615. The quantitative estimate of drug-likeness (QED) is 0.773. The number of halogens is 1. The highest BCUT2D eigenvalue weighted by molar-refractivity contribution is 6.17. The summed E-state index contributed by atoms with van der Waals surface area (Å²) in [6.45, 7) is 4.92. The first-order chi connectivity index (χ1) is 8.33. The highest BCUT2D eigenvalue weighted by Crippen LogP contribution is 2.19. The molecule has 1 fully saturated rings. The van der Waals surface area contributed by atoms with Crippen LogP contribution in [0.5, 0.6) is 0 Å². The third kappa shape index (κ3) is 3.33. The van der Waals surface area contributed by atoms with E-state index in [1.807, 2.05) is 12.3 Å². The maximum atomic E-state index is 5.75. The SMILES string of the molecule is CCOC1CCN(c2ccc(CCl)cn2)CC1. The van der Waals surface area contributed by atoms with Gasteiger partial charge >= 0.3 is 0 Å². The van der Waals surface area contributed by atoms with E-state index in [1.165, 1.54) is 0 Å². The molecule has 0 bridgehead atoms. The zero-order valence-electron chi connectivity index (χ0n) is 10.2. The first-order valence-electron chi connectivity index (χ1n) is 6.21. The Labute approximate surface area is 108 Å². The summed E-state index contributed by atoms with van der Waals surface area (Å²) in [7, 11) is 0. The Kier molecular flexibility index (Phi) is 4.63. The van der Waals surface area contributed by atoms with Crippen molar-refractivity contribution in [2.45, 2.75) is 31.7 Å². The lowest BCUT2D eigenvalue weighted by Crippen LogP contribution is -2.37. The monoisotopic (exact) mass is 254 g/mol. The van der Waals surface area contributed by atoms with E-state index in [0.717, 1.165) is 43.9 Å². The molecule has 1 aliphatic rings. The lowest BCUT2D eigenvalue weighted by atomic mass is 10.1. The van der Waals surface area contributed by atoms with Crippen LogP contribution in [0.4, 0.5) is 5.82 Å². The van der Waals surface area contributed by atoms with Crippen LogP contribution in [-0.2, 0) is 10.6 Å². The van der Waals surface area contributed by atoms with Gasteiger partial charge in [0.1, 0.15) is 5.82 Å². The molecule has 1 aliphatic heterocycles. The van der Waals surface area contributed by atoms with Gasteiger partial charge in [0, 0.05) is 31.8 Å². The van der Waals surface area contributed by atoms with Gasteiger partial charge in [-0.1, -0.05) is 6.07 Å². The number of hydrogen-bond donors (Lipinski definition) is 0. The number of ether oxygens (including phenoxy) is 1. The van der Waals surface area contributed by atoms with Crippen LogP contribution >= 0.6 is 11.6 Å². The lowest BCUT2D eigenvalue weighted by Gasteiger charge is -2.32. The minimum Gasteiger partial charge on any atom is -0.378 e. The Balaban J connectivity index is 1.91. The van der Waals surface area contributed by atoms with Crippen molar-refractivity contribution in [2.75, 3.05) is 24.6 Å². The fourth-order valence-electron chi connectivity index (χ4n) is 2.17. The molecule has 0 aromatic carbocycles. The molecule has 94 valence electrons. The maximum absolute atomic E-state index is 5.75. The largest absolute Gasteiger partial charge is 0.378 e. The molecule has 0 unspecified atom stereocenters. The molecular weight excluding hydrogens is 236 g/mol. The summed E-state index contributed by atoms with van der Waals surface area (Å²) in [4.78, 5) is 6.76. The van der Waals surface area contributed by atoms with E-state index in [4.69, 9.17) is 16.3 Å². The van der Waals surface area contributed by atoms with Crippen molar-refractivity contribution in [3.8, 4) is 0 Å². The molecule has 1 saturated heterocycles. The highest BCUT2D eigenvalue weighted by atomic mass is 35.5. The predicted molar refractivity (Wildman–Crippen MR) is 70.7 cm³/mol. The number of anilines is 1. The molecule has 1 aromatic rings. The van der Waals surface area contributed by atoms with Gasteiger partial charge < -0.3 is 9.64 Å². The first kappa shape index (κ1) is 12.7. The van der Waals surface area contributed by atoms with Crippen molar-refractivity contribution in [1.82, 2.24) is 4.98 Å². The number of aromatic nitrogens is 1. The summed E-state index contributed by atoms with van der Waals surface area (Å²) in [5.74, 6) is 1.58. The van der Waals surface area contributed by atoms with Crippen molar-refractivity contribution in [3.63, 3.8) is 0 Å². The van der Waals surface area contributed by atoms with E-state index in [-0.39, 0.29) is 0 Å². The van der Waals surface area contributed by atoms with Gasteiger partial charge in [-0.15, -0.1) is 11.6 Å². The van der Waals surface area contributed by atoms with Crippen molar-refractivity contribution in [2.24, 2.45) is 0 Å². The Morgan fingerprint density at radius 1 is 1.41 bits per heavy atom. The van der Waals surface area contributed by atoms with Crippen LogP contribution in [0.15, 0.2) is 18.3 Å². The van der Waals surface area contributed by atoms with Crippen LogP contribution in [0.25, 0.3) is 0 Å². The zero-order chi connectivity index (χ0) is 12.1. The number of piperidine rings is 1. The third-order valence-corrected chi connectivity index (χ3v) is 3.44. The van der Waals surface area contributed by atoms with Gasteiger partial charge in [-0.05, 0) is 31.4 Å². The van der Waals surface area contributed by atoms with Gasteiger partial charge in [-0.25, -0.2) is 4.98 Å². The molecule has 2 heterocycles. The molecule has 2 rings (SSSR count). The molecule has 0 radical (unpaired) electrons. The number of pyridine rings is 1. The zero-order valence-corrected chi connectivity index (χ0v) is 11.0. The van der Waals surface area contributed by atoms with Gasteiger partial charge in [-0.3, -0.25) is 0 Å². The summed E-state index contributed by atoms with van der Waals surface area (Å²) in [5, 5.41) is 0. The smallest absolute Gasteiger partial charge is 0.128 e. The second-order valence-electron chi connectivity index (χ2n) is 4.30. The van der Waals surface area contributed by atoms with Gasteiger partial charge in [0.2, 0.25) is 0 Å². The summed E-state index contributed by atoms with van der Waals surface area (Å²) in [6, 6.07) is 4.10. The molecule has 3 nitrogen and oxygen atoms in total. The highest BCUT2D eigenvalue weighted by Gasteiger charge is 2.19. The lowest BCUT2D eigenvalue weighted by molar-refractivity contribution is 0.0458. The Hall–Kier alpha value is -0.800. The molecule has 0 aliphatic carbocycles.